The van der Waals surface area contributed by atoms with Gasteiger partial charge in [-0.15, -0.1) is 0 Å². The lowest BCUT2D eigenvalue weighted by Gasteiger charge is -2.31. The van der Waals surface area contributed by atoms with Gasteiger partial charge in [0.05, 0.1) is 12.5 Å². The minimum absolute atomic E-state index is 0.0963. The number of aromatic nitrogens is 3. The van der Waals surface area contributed by atoms with Crippen molar-refractivity contribution in [2.24, 2.45) is 5.92 Å². The number of benzene rings is 1. The summed E-state index contributed by atoms with van der Waals surface area (Å²) in [5, 5.41) is 4.72. The van der Waals surface area contributed by atoms with Crippen LogP contribution < -0.4 is 5.56 Å². The summed E-state index contributed by atoms with van der Waals surface area (Å²) in [6, 6.07) is 6.83. The molecule has 1 amide bonds. The van der Waals surface area contributed by atoms with E-state index in [0.29, 0.717) is 42.3 Å². The van der Waals surface area contributed by atoms with E-state index in [4.69, 9.17) is 20.9 Å². The molecule has 4 rings (SSSR count). The van der Waals surface area contributed by atoms with Crippen LogP contribution in [0.4, 0.5) is 0 Å². The summed E-state index contributed by atoms with van der Waals surface area (Å²) in [5.41, 5.74) is 0.660. The molecule has 0 unspecified atom stereocenters. The van der Waals surface area contributed by atoms with Crippen LogP contribution in [-0.4, -0.2) is 51.2 Å². The van der Waals surface area contributed by atoms with Crippen molar-refractivity contribution in [3.8, 4) is 11.3 Å². The van der Waals surface area contributed by atoms with Gasteiger partial charge in [0.25, 0.3) is 11.3 Å². The highest BCUT2D eigenvalue weighted by atomic mass is 35.5. The molecule has 0 spiro atoms. The molecule has 9 nitrogen and oxygen atoms in total. The fraction of sp³-hybridized carbons (Fsp3) is 0.381. The first-order valence-corrected chi connectivity index (χ1v) is 10.4. The summed E-state index contributed by atoms with van der Waals surface area (Å²) in [5.74, 6) is -0.899. The molecule has 3 heterocycles. The van der Waals surface area contributed by atoms with Gasteiger partial charge in [0.1, 0.15) is 24.0 Å². The summed E-state index contributed by atoms with van der Waals surface area (Å²) < 4.78 is 11.5. The molecule has 1 aliphatic heterocycles. The monoisotopic (exact) mass is 444 g/mol. The minimum atomic E-state index is -0.427. The molecule has 1 aromatic carbocycles. The zero-order valence-electron chi connectivity index (χ0n) is 16.9. The molecular weight excluding hydrogens is 424 g/mol. The van der Waals surface area contributed by atoms with Crippen LogP contribution in [0.5, 0.6) is 0 Å². The molecule has 162 valence electrons. The average Bonchev–Trinajstić information content (AvgIpc) is 3.21. The Morgan fingerprint density at radius 2 is 2.06 bits per heavy atom. The van der Waals surface area contributed by atoms with E-state index < -0.39 is 5.56 Å². The standard InChI is InChI=1S/C21H21ClN4O5/c1-2-30-21(29)14-4-3-9-25(10-14)16(27)11-26-12-23-19-17(20(26)28)18(24-31-19)13-5-7-15(22)8-6-13/h5-8,12,14H,2-4,9-11H2,1H3/t14-/m1/s1. The van der Waals surface area contributed by atoms with Gasteiger partial charge in [-0.1, -0.05) is 28.9 Å². The largest absolute Gasteiger partial charge is 0.466 e. The summed E-state index contributed by atoms with van der Waals surface area (Å²) in [7, 11) is 0. The van der Waals surface area contributed by atoms with E-state index >= 15 is 0 Å². The molecule has 0 saturated carbocycles. The normalized spacial score (nSPS) is 16.5. The lowest BCUT2D eigenvalue weighted by Crippen LogP contribution is -2.45. The van der Waals surface area contributed by atoms with Crippen LogP contribution in [0.25, 0.3) is 22.4 Å². The molecule has 3 aromatic rings. The third-order valence-electron chi connectivity index (χ3n) is 5.28. The predicted octanol–water partition coefficient (Wildman–Crippen LogP) is 2.51. The molecule has 0 aliphatic carbocycles. The smallest absolute Gasteiger partial charge is 0.310 e. The number of amides is 1. The van der Waals surface area contributed by atoms with Crippen molar-refractivity contribution in [3.05, 3.63) is 46.0 Å². The van der Waals surface area contributed by atoms with Gasteiger partial charge in [0.2, 0.25) is 5.91 Å². The van der Waals surface area contributed by atoms with Crippen LogP contribution in [0.1, 0.15) is 19.8 Å². The Morgan fingerprint density at radius 1 is 1.29 bits per heavy atom. The number of ether oxygens (including phenoxy) is 1. The molecule has 1 atom stereocenters. The van der Waals surface area contributed by atoms with E-state index in [0.717, 1.165) is 0 Å². The summed E-state index contributed by atoms with van der Waals surface area (Å²) in [6.45, 7) is 2.68. The maximum absolute atomic E-state index is 13.1. The number of carbonyl (C=O) groups excluding carboxylic acids is 2. The van der Waals surface area contributed by atoms with E-state index in [1.54, 1.807) is 36.1 Å². The highest BCUT2D eigenvalue weighted by Crippen LogP contribution is 2.25. The number of rotatable bonds is 5. The Labute approximate surface area is 182 Å². The predicted molar refractivity (Wildman–Crippen MR) is 112 cm³/mol. The number of hydrogen-bond donors (Lipinski definition) is 0. The second kappa shape index (κ2) is 8.89. The Balaban J connectivity index is 1.57. The summed E-state index contributed by atoms with van der Waals surface area (Å²) in [4.78, 5) is 43.7. The van der Waals surface area contributed by atoms with Crippen molar-refractivity contribution in [2.75, 3.05) is 19.7 Å². The molecule has 31 heavy (non-hydrogen) atoms. The number of esters is 1. The quantitative estimate of drug-likeness (QED) is 0.556. The number of carbonyl (C=O) groups is 2. The van der Waals surface area contributed by atoms with Gasteiger partial charge in [-0.25, -0.2) is 4.98 Å². The van der Waals surface area contributed by atoms with E-state index in [-0.39, 0.29) is 42.0 Å². The molecule has 0 N–H and O–H groups in total. The fourth-order valence-corrected chi connectivity index (χ4v) is 3.83. The molecule has 0 bridgehead atoms. The summed E-state index contributed by atoms with van der Waals surface area (Å²) >= 11 is 5.93. The highest BCUT2D eigenvalue weighted by molar-refractivity contribution is 6.30. The van der Waals surface area contributed by atoms with Crippen LogP contribution in [-0.2, 0) is 20.9 Å². The van der Waals surface area contributed by atoms with Crippen LogP contribution in [0.15, 0.2) is 39.9 Å². The van der Waals surface area contributed by atoms with Crippen LogP contribution in [0.3, 0.4) is 0 Å². The van der Waals surface area contributed by atoms with E-state index in [2.05, 4.69) is 10.1 Å². The van der Waals surface area contributed by atoms with Crippen molar-refractivity contribution in [2.45, 2.75) is 26.3 Å². The maximum atomic E-state index is 13.1. The topological polar surface area (TPSA) is 108 Å². The van der Waals surface area contributed by atoms with E-state index in [1.807, 2.05) is 0 Å². The van der Waals surface area contributed by atoms with Crippen LogP contribution in [0, 0.1) is 5.92 Å². The Kier molecular flexibility index (Phi) is 6.03. The minimum Gasteiger partial charge on any atom is -0.466 e. The van der Waals surface area contributed by atoms with Crippen molar-refractivity contribution < 1.29 is 18.8 Å². The second-order valence-corrected chi connectivity index (χ2v) is 7.76. The number of nitrogens with zero attached hydrogens (tertiary/aromatic N) is 4. The molecule has 10 heteroatoms. The van der Waals surface area contributed by atoms with Gasteiger partial charge in [-0.2, -0.15) is 0 Å². The first-order chi connectivity index (χ1) is 15.0. The van der Waals surface area contributed by atoms with Crippen molar-refractivity contribution >= 4 is 34.6 Å². The molecule has 1 aliphatic rings. The molecule has 0 radical (unpaired) electrons. The average molecular weight is 445 g/mol. The third kappa shape index (κ3) is 4.32. The van der Waals surface area contributed by atoms with Crippen molar-refractivity contribution in [1.29, 1.82) is 0 Å². The van der Waals surface area contributed by atoms with Crippen molar-refractivity contribution in [1.82, 2.24) is 19.6 Å². The molecule has 1 saturated heterocycles. The Bertz CT molecular complexity index is 1170. The zero-order valence-corrected chi connectivity index (χ0v) is 17.7. The van der Waals surface area contributed by atoms with Gasteiger partial charge in [0.15, 0.2) is 0 Å². The van der Waals surface area contributed by atoms with Crippen LogP contribution in [0.2, 0.25) is 5.02 Å². The van der Waals surface area contributed by atoms with Gasteiger partial charge >= 0.3 is 5.97 Å². The number of likely N-dealkylation sites (tertiary alicyclic amines) is 1. The zero-order chi connectivity index (χ0) is 22.0. The first kappa shape index (κ1) is 21.0. The fourth-order valence-electron chi connectivity index (χ4n) is 3.70. The summed E-state index contributed by atoms with van der Waals surface area (Å²) in [6.07, 6.45) is 2.65. The van der Waals surface area contributed by atoms with Gasteiger partial charge in [-0.3, -0.25) is 19.0 Å². The second-order valence-electron chi connectivity index (χ2n) is 7.33. The molecular formula is C21H21ClN4O5. The van der Waals surface area contributed by atoms with Gasteiger partial charge < -0.3 is 14.2 Å². The molecule has 2 aromatic heterocycles. The van der Waals surface area contributed by atoms with Gasteiger partial charge in [0, 0.05) is 23.7 Å². The number of halogens is 1. The SMILES string of the molecule is CCOC(=O)[C@@H]1CCCN(C(=O)Cn2cnc3onc(-c4ccc(Cl)cc4)c3c2=O)C1. The highest BCUT2D eigenvalue weighted by Gasteiger charge is 2.29. The maximum Gasteiger partial charge on any atom is 0.310 e. The number of hydrogen-bond acceptors (Lipinski definition) is 7. The lowest BCUT2D eigenvalue weighted by molar-refractivity contribution is -0.151. The van der Waals surface area contributed by atoms with E-state index in [9.17, 15) is 14.4 Å². The third-order valence-corrected chi connectivity index (χ3v) is 5.53. The first-order valence-electron chi connectivity index (χ1n) is 10.0. The number of piperidine rings is 1. The molecule has 1 fully saturated rings. The Hall–Kier alpha value is -3.20. The van der Waals surface area contributed by atoms with E-state index in [1.165, 1.54) is 10.9 Å². The number of fused-ring (bicyclic) bond motifs is 1. The van der Waals surface area contributed by atoms with Crippen LogP contribution >= 0.6 is 11.6 Å². The van der Waals surface area contributed by atoms with Crippen molar-refractivity contribution in [3.63, 3.8) is 0 Å². The Morgan fingerprint density at radius 3 is 2.81 bits per heavy atom. The van der Waals surface area contributed by atoms with Gasteiger partial charge in [-0.05, 0) is 31.9 Å². The lowest BCUT2D eigenvalue weighted by atomic mass is 9.98.